The van der Waals surface area contributed by atoms with Crippen molar-refractivity contribution in [1.29, 1.82) is 0 Å². The van der Waals surface area contributed by atoms with Gasteiger partial charge in [0.25, 0.3) is 5.56 Å². The molecule has 7 atom stereocenters. The Bertz CT molecular complexity index is 1930. The molecule has 0 radical (unpaired) electrons. The van der Waals surface area contributed by atoms with Crippen LogP contribution in [0.4, 0.5) is 11.8 Å². The van der Waals surface area contributed by atoms with E-state index in [0.29, 0.717) is 11.2 Å². The van der Waals surface area contributed by atoms with Gasteiger partial charge in [-0.25, -0.2) is 28.7 Å². The first-order valence-corrected chi connectivity index (χ1v) is 16.9. The van der Waals surface area contributed by atoms with E-state index in [1.807, 2.05) is 0 Å². The lowest BCUT2D eigenvalue weighted by Crippen LogP contribution is -2.40. The average Bonchev–Trinajstić information content (AvgIpc) is 3.71. The van der Waals surface area contributed by atoms with Crippen molar-refractivity contribution in [3.05, 3.63) is 29.3 Å². The molecular weight excluding hydrogens is 633 g/mol. The van der Waals surface area contributed by atoms with E-state index in [9.17, 15) is 17.8 Å². The molecule has 0 spiro atoms. The number of imidazole rings is 2. The SMILES string of the molecule is Nc1nc2c(ncn2[C@H]2O[C@@H]3CO[P@](=O)(S)O[C@H]4C[C@H](n5cnc6c(N)ncnc65)O[C@@H]4CNS(=O)(=O)O[C@@H]2C3)c(=O)[nH]1. The molecule has 3 saturated heterocycles. The largest absolute Gasteiger partial charge is 0.386 e. The fraction of sp³-hybridized carbons (Fsp3) is 0.500. The Morgan fingerprint density at radius 1 is 1.00 bits per heavy atom. The van der Waals surface area contributed by atoms with E-state index in [1.165, 1.54) is 23.5 Å². The molecule has 4 aromatic rings. The summed E-state index contributed by atoms with van der Waals surface area (Å²) in [6.45, 7) is -4.65. The van der Waals surface area contributed by atoms with Gasteiger partial charge in [0.05, 0.1) is 31.5 Å². The molecule has 7 rings (SSSR count). The summed E-state index contributed by atoms with van der Waals surface area (Å²) in [5.74, 6) is -0.00756. The molecule has 3 fully saturated rings. The number of thiol groups is 1. The van der Waals surface area contributed by atoms with Crippen molar-refractivity contribution in [2.45, 2.75) is 49.7 Å². The summed E-state index contributed by atoms with van der Waals surface area (Å²) in [6.07, 6.45) is -1.63. The number of hydrogen-bond acceptors (Lipinski definition) is 16. The van der Waals surface area contributed by atoms with Crippen molar-refractivity contribution in [3.63, 3.8) is 0 Å². The summed E-state index contributed by atoms with van der Waals surface area (Å²) in [5.41, 5.74) is 11.7. The average molecular weight is 658 g/mol. The Morgan fingerprint density at radius 2 is 1.79 bits per heavy atom. The van der Waals surface area contributed by atoms with E-state index in [-0.39, 0.29) is 48.9 Å². The van der Waals surface area contributed by atoms with Crippen LogP contribution in [0.3, 0.4) is 0 Å². The van der Waals surface area contributed by atoms with Crippen LogP contribution in [0.25, 0.3) is 22.3 Å². The van der Waals surface area contributed by atoms with E-state index >= 15 is 0 Å². The molecule has 0 aliphatic carbocycles. The minimum atomic E-state index is -4.43. The molecule has 2 bridgehead atoms. The molecule has 6 N–H and O–H groups in total. The Balaban J connectivity index is 1.17. The molecule has 0 saturated carbocycles. The number of rotatable bonds is 2. The van der Waals surface area contributed by atoms with E-state index in [1.54, 1.807) is 4.57 Å². The molecule has 43 heavy (non-hydrogen) atoms. The standard InChI is InChI=1S/C20H24N11O9PS2/c21-15-13-16(24-5-23-15)30(6-25-13)12-2-9-11(38-12)3-27-43(34,35)40-10-1-8(4-36-41(33,42)39-9)37-19(10)31-7-26-14-17(31)28-20(22)29-18(14)32/h5-12,19,27H,1-4H2,(H,33,42)(H2,21,23,24)(H3,22,28,29,32)/t8-,9-,10+,11+,12+,19-,41-/m0/s1. The quantitative estimate of drug-likeness (QED) is 0.133. The van der Waals surface area contributed by atoms with Crippen LogP contribution < -0.4 is 21.7 Å². The van der Waals surface area contributed by atoms with Gasteiger partial charge in [-0.2, -0.15) is 18.1 Å². The molecule has 3 aliphatic rings. The number of nitrogens with two attached hydrogens (primary N) is 2. The van der Waals surface area contributed by atoms with Crippen molar-refractivity contribution in [2.75, 3.05) is 24.6 Å². The monoisotopic (exact) mass is 657 g/mol. The van der Waals surface area contributed by atoms with Crippen molar-refractivity contribution >= 4 is 63.4 Å². The highest BCUT2D eigenvalue weighted by atomic mass is 32.7. The lowest BCUT2D eigenvalue weighted by molar-refractivity contribution is -0.0439. The van der Waals surface area contributed by atoms with Gasteiger partial charge < -0.3 is 20.9 Å². The van der Waals surface area contributed by atoms with Gasteiger partial charge in [-0.05, 0) is 0 Å². The fourth-order valence-electron chi connectivity index (χ4n) is 5.29. The Labute approximate surface area is 246 Å². The first-order valence-electron chi connectivity index (χ1n) is 12.8. The second kappa shape index (κ2) is 10.5. The third kappa shape index (κ3) is 5.38. The normalized spacial score (nSPS) is 33.1. The van der Waals surface area contributed by atoms with Crippen LogP contribution >= 0.6 is 19.0 Å². The highest BCUT2D eigenvalue weighted by Gasteiger charge is 2.46. The van der Waals surface area contributed by atoms with Crippen LogP contribution in [0.15, 0.2) is 23.8 Å². The predicted molar refractivity (Wildman–Crippen MR) is 149 cm³/mol. The van der Waals surface area contributed by atoms with Crippen LogP contribution in [0.1, 0.15) is 25.3 Å². The summed E-state index contributed by atoms with van der Waals surface area (Å²) < 4.78 is 73.8. The van der Waals surface area contributed by atoms with Crippen LogP contribution in [0.2, 0.25) is 0 Å². The molecule has 20 nitrogen and oxygen atoms in total. The minimum Gasteiger partial charge on any atom is -0.382 e. The third-order valence-electron chi connectivity index (χ3n) is 7.15. The predicted octanol–water partition coefficient (Wildman–Crippen LogP) is -0.628. The first kappa shape index (κ1) is 28.6. The Morgan fingerprint density at radius 3 is 2.63 bits per heavy atom. The van der Waals surface area contributed by atoms with Gasteiger partial charge in [-0.3, -0.25) is 28.0 Å². The zero-order valence-corrected chi connectivity index (χ0v) is 24.4. The maximum absolute atomic E-state index is 13.3. The number of anilines is 2. The summed E-state index contributed by atoms with van der Waals surface area (Å²) in [5, 5.41) is 0. The van der Waals surface area contributed by atoms with Crippen molar-refractivity contribution in [3.8, 4) is 0 Å². The number of nitrogens with zero attached hydrogens (tertiary/aromatic N) is 7. The zero-order chi connectivity index (χ0) is 30.1. The number of aromatic amines is 1. The van der Waals surface area contributed by atoms with Gasteiger partial charge in [0.2, 0.25) is 5.95 Å². The topological polar surface area (TPSA) is 269 Å². The van der Waals surface area contributed by atoms with E-state index in [4.69, 9.17) is 34.2 Å². The smallest absolute Gasteiger partial charge is 0.382 e. The van der Waals surface area contributed by atoms with Gasteiger partial charge in [-0.15, -0.1) is 0 Å². The van der Waals surface area contributed by atoms with Gasteiger partial charge >= 0.3 is 17.1 Å². The number of H-pyrrole nitrogens is 1. The molecule has 0 unspecified atom stereocenters. The van der Waals surface area contributed by atoms with Crippen LogP contribution in [0, 0.1) is 0 Å². The molecule has 23 heteroatoms. The number of aromatic nitrogens is 8. The molecule has 0 amide bonds. The molecule has 230 valence electrons. The van der Waals surface area contributed by atoms with Crippen LogP contribution in [-0.2, 0) is 37.6 Å². The maximum atomic E-state index is 13.3. The van der Waals surface area contributed by atoms with Crippen molar-refractivity contribution < 1.29 is 35.7 Å². The van der Waals surface area contributed by atoms with Crippen LogP contribution in [-0.4, -0.2) is 85.0 Å². The summed E-state index contributed by atoms with van der Waals surface area (Å²) in [6, 6.07) is 0. The highest BCUT2D eigenvalue weighted by molar-refractivity contribution is 8.44. The molecular formula is C20H24N11O9PS2. The number of fused-ring (bicyclic) bond motifs is 5. The van der Waals surface area contributed by atoms with Crippen molar-refractivity contribution in [2.24, 2.45) is 0 Å². The number of hydrogen-bond donors (Lipinski definition) is 5. The molecule has 4 aromatic heterocycles. The second-order valence-corrected chi connectivity index (χ2v) is 14.2. The van der Waals surface area contributed by atoms with Gasteiger partial charge in [0.15, 0.2) is 28.9 Å². The summed E-state index contributed by atoms with van der Waals surface area (Å²) >= 11 is 4.14. The van der Waals surface area contributed by atoms with E-state index in [2.05, 4.69) is 46.9 Å². The minimum absolute atomic E-state index is 0.0121. The molecule has 7 heterocycles. The van der Waals surface area contributed by atoms with Gasteiger partial charge in [0, 0.05) is 19.4 Å². The summed E-state index contributed by atoms with van der Waals surface area (Å²) in [4.78, 5) is 35.1. The van der Waals surface area contributed by atoms with E-state index in [0.717, 1.165) is 0 Å². The fourth-order valence-corrected chi connectivity index (χ4v) is 7.77. The van der Waals surface area contributed by atoms with Gasteiger partial charge in [-0.1, -0.05) is 12.2 Å². The Kier molecular flexibility index (Phi) is 6.94. The van der Waals surface area contributed by atoms with E-state index < -0.39 is 59.5 Å². The molecule has 0 aromatic carbocycles. The van der Waals surface area contributed by atoms with Gasteiger partial charge in [0.1, 0.15) is 30.3 Å². The number of nitrogen functional groups attached to an aromatic ring is 2. The second-order valence-electron chi connectivity index (χ2n) is 9.95. The first-order chi connectivity index (χ1) is 20.5. The van der Waals surface area contributed by atoms with Crippen molar-refractivity contribution in [1.82, 2.24) is 43.8 Å². The van der Waals surface area contributed by atoms with Crippen LogP contribution in [0.5, 0.6) is 0 Å². The maximum Gasteiger partial charge on any atom is 0.386 e. The zero-order valence-electron chi connectivity index (χ0n) is 21.8. The number of nitrogens with one attached hydrogen (secondary N) is 2. The lowest BCUT2D eigenvalue weighted by atomic mass is 10.2. The number of ether oxygens (including phenoxy) is 2. The summed E-state index contributed by atoms with van der Waals surface area (Å²) in [7, 11) is -4.43. The highest BCUT2D eigenvalue weighted by Crippen LogP contribution is 2.56. The lowest BCUT2D eigenvalue weighted by Gasteiger charge is -2.24. The Hall–Kier alpha value is -3.21. The third-order valence-corrected chi connectivity index (χ3v) is 9.81. The molecule has 3 aliphatic heterocycles.